The normalized spacial score (nSPS) is 45.1. The monoisotopic (exact) mass is 278 g/mol. The second kappa shape index (κ2) is 5.58. The van der Waals surface area contributed by atoms with Crippen LogP contribution in [-0.4, -0.2) is 49.3 Å². The number of ether oxygens (including phenoxy) is 1. The summed E-state index contributed by atoms with van der Waals surface area (Å²) in [6.07, 6.45) is 8.52. The number of fused-ring (bicyclic) bond motifs is 3. The molecule has 4 fully saturated rings. The third-order valence-electron chi connectivity index (χ3n) is 6.18. The molecule has 5 unspecified atom stereocenters. The van der Waals surface area contributed by atoms with Crippen molar-refractivity contribution >= 4 is 0 Å². The molecule has 0 amide bonds. The predicted octanol–water partition coefficient (Wildman–Crippen LogP) is 2.26. The largest absolute Gasteiger partial charge is 0.381 e. The van der Waals surface area contributed by atoms with E-state index in [2.05, 4.69) is 17.1 Å². The van der Waals surface area contributed by atoms with Crippen molar-refractivity contribution in [3.05, 3.63) is 0 Å². The molecule has 114 valence electrons. The summed E-state index contributed by atoms with van der Waals surface area (Å²) in [5, 5.41) is 3.61. The standard InChI is InChI=1S/C17H30N2O/c1-12-8-18-9-16-7-15-5-4-14(6-17(15)19(12)16)11-20-10-13-2-3-13/h12-18H,2-11H2,1H3. The van der Waals surface area contributed by atoms with Gasteiger partial charge in [-0.2, -0.15) is 0 Å². The van der Waals surface area contributed by atoms with Crippen LogP contribution in [-0.2, 0) is 4.74 Å². The van der Waals surface area contributed by atoms with Gasteiger partial charge in [0.25, 0.3) is 0 Å². The zero-order chi connectivity index (χ0) is 13.5. The van der Waals surface area contributed by atoms with Crippen LogP contribution in [0.25, 0.3) is 0 Å². The van der Waals surface area contributed by atoms with Crippen LogP contribution >= 0.6 is 0 Å². The molecule has 5 atom stereocenters. The summed E-state index contributed by atoms with van der Waals surface area (Å²) in [6.45, 7) is 6.89. The Kier molecular flexibility index (Phi) is 3.78. The van der Waals surface area contributed by atoms with Crippen LogP contribution in [0.3, 0.4) is 0 Å². The van der Waals surface area contributed by atoms with Crippen molar-refractivity contribution < 1.29 is 4.74 Å². The molecular formula is C17H30N2O. The van der Waals surface area contributed by atoms with Crippen LogP contribution in [0.15, 0.2) is 0 Å². The minimum atomic E-state index is 0.731. The highest BCUT2D eigenvalue weighted by Crippen LogP contribution is 2.43. The first kappa shape index (κ1) is 13.5. The lowest BCUT2D eigenvalue weighted by atomic mass is 9.78. The van der Waals surface area contributed by atoms with Gasteiger partial charge in [0, 0.05) is 44.4 Å². The summed E-state index contributed by atoms with van der Waals surface area (Å²) >= 11 is 0. The van der Waals surface area contributed by atoms with Gasteiger partial charge in [0.15, 0.2) is 0 Å². The van der Waals surface area contributed by atoms with Crippen LogP contribution < -0.4 is 5.32 Å². The van der Waals surface area contributed by atoms with Gasteiger partial charge in [0.1, 0.15) is 0 Å². The number of nitrogens with zero attached hydrogens (tertiary/aromatic N) is 1. The Bertz CT molecular complexity index is 344. The Morgan fingerprint density at radius 2 is 1.80 bits per heavy atom. The second-order valence-corrected chi connectivity index (χ2v) is 7.83. The lowest BCUT2D eigenvalue weighted by molar-refractivity contribution is 0.0307. The summed E-state index contributed by atoms with van der Waals surface area (Å²) in [6, 6.07) is 2.41. The van der Waals surface area contributed by atoms with Gasteiger partial charge in [0.05, 0.1) is 0 Å². The van der Waals surface area contributed by atoms with E-state index in [4.69, 9.17) is 4.74 Å². The lowest BCUT2D eigenvalue weighted by Gasteiger charge is -2.43. The Labute approximate surface area is 123 Å². The zero-order valence-electron chi connectivity index (χ0n) is 12.9. The quantitative estimate of drug-likeness (QED) is 0.854. The van der Waals surface area contributed by atoms with Crippen LogP contribution in [0.4, 0.5) is 0 Å². The van der Waals surface area contributed by atoms with E-state index >= 15 is 0 Å². The van der Waals surface area contributed by atoms with E-state index < -0.39 is 0 Å². The Balaban J connectivity index is 1.33. The number of hydrogen-bond donors (Lipinski definition) is 1. The number of hydrogen-bond acceptors (Lipinski definition) is 3. The average molecular weight is 278 g/mol. The summed E-state index contributed by atoms with van der Waals surface area (Å²) in [7, 11) is 0. The molecule has 3 heteroatoms. The van der Waals surface area contributed by atoms with Crippen LogP contribution in [0.1, 0.15) is 45.4 Å². The number of rotatable bonds is 4. The van der Waals surface area contributed by atoms with Crippen molar-refractivity contribution in [3.8, 4) is 0 Å². The molecule has 20 heavy (non-hydrogen) atoms. The van der Waals surface area contributed by atoms with Gasteiger partial charge in [0.2, 0.25) is 0 Å². The van der Waals surface area contributed by atoms with E-state index in [1.165, 1.54) is 51.6 Å². The molecule has 0 aromatic rings. The third-order valence-corrected chi connectivity index (χ3v) is 6.18. The topological polar surface area (TPSA) is 24.5 Å². The molecular weight excluding hydrogens is 248 g/mol. The predicted molar refractivity (Wildman–Crippen MR) is 80.7 cm³/mol. The van der Waals surface area contributed by atoms with Crippen LogP contribution in [0, 0.1) is 17.8 Å². The van der Waals surface area contributed by atoms with E-state index in [0.29, 0.717) is 0 Å². The van der Waals surface area contributed by atoms with Gasteiger partial charge >= 0.3 is 0 Å². The average Bonchev–Trinajstić information content (AvgIpc) is 3.18. The third kappa shape index (κ3) is 2.65. The molecule has 0 aromatic heterocycles. The van der Waals surface area contributed by atoms with E-state index in [-0.39, 0.29) is 0 Å². The molecule has 0 spiro atoms. The van der Waals surface area contributed by atoms with Crippen molar-refractivity contribution in [3.63, 3.8) is 0 Å². The van der Waals surface area contributed by atoms with Crippen LogP contribution in [0.2, 0.25) is 0 Å². The maximum atomic E-state index is 5.98. The first-order valence-corrected chi connectivity index (χ1v) is 8.87. The molecule has 2 saturated carbocycles. The fourth-order valence-electron chi connectivity index (χ4n) is 4.95. The van der Waals surface area contributed by atoms with Gasteiger partial charge in [-0.15, -0.1) is 0 Å². The summed E-state index contributed by atoms with van der Waals surface area (Å²) in [4.78, 5) is 2.87. The number of nitrogens with one attached hydrogen (secondary N) is 1. The molecule has 2 aliphatic heterocycles. The lowest BCUT2D eigenvalue weighted by Crippen LogP contribution is -2.56. The molecule has 4 aliphatic rings. The maximum absolute atomic E-state index is 5.98. The van der Waals surface area contributed by atoms with E-state index in [0.717, 1.165) is 49.1 Å². The smallest absolute Gasteiger partial charge is 0.0494 e. The fourth-order valence-corrected chi connectivity index (χ4v) is 4.95. The first-order valence-electron chi connectivity index (χ1n) is 8.87. The molecule has 2 saturated heterocycles. The molecule has 2 aliphatic carbocycles. The molecule has 4 rings (SSSR count). The van der Waals surface area contributed by atoms with Crippen LogP contribution in [0.5, 0.6) is 0 Å². The van der Waals surface area contributed by atoms with Gasteiger partial charge in [-0.05, 0) is 63.2 Å². The minimum absolute atomic E-state index is 0.731. The van der Waals surface area contributed by atoms with Crippen molar-refractivity contribution in [2.24, 2.45) is 17.8 Å². The molecule has 0 aromatic carbocycles. The highest BCUT2D eigenvalue weighted by molar-refractivity contribution is 5.02. The summed E-state index contributed by atoms with van der Waals surface area (Å²) in [5.74, 6) is 2.72. The molecule has 0 radical (unpaired) electrons. The maximum Gasteiger partial charge on any atom is 0.0494 e. The van der Waals surface area contributed by atoms with E-state index in [1.807, 2.05) is 0 Å². The second-order valence-electron chi connectivity index (χ2n) is 7.83. The van der Waals surface area contributed by atoms with Gasteiger partial charge in [-0.3, -0.25) is 4.90 Å². The summed E-state index contributed by atoms with van der Waals surface area (Å²) < 4.78 is 5.98. The Morgan fingerprint density at radius 1 is 1.00 bits per heavy atom. The van der Waals surface area contributed by atoms with Gasteiger partial charge in [-0.1, -0.05) is 0 Å². The highest BCUT2D eigenvalue weighted by atomic mass is 16.5. The van der Waals surface area contributed by atoms with E-state index in [9.17, 15) is 0 Å². The van der Waals surface area contributed by atoms with Crippen molar-refractivity contribution in [1.82, 2.24) is 10.2 Å². The molecule has 3 nitrogen and oxygen atoms in total. The van der Waals surface area contributed by atoms with E-state index in [1.54, 1.807) is 0 Å². The minimum Gasteiger partial charge on any atom is -0.381 e. The van der Waals surface area contributed by atoms with Crippen molar-refractivity contribution in [1.29, 1.82) is 0 Å². The highest BCUT2D eigenvalue weighted by Gasteiger charge is 2.46. The number of piperazine rings is 1. The SMILES string of the molecule is CC1CNCC2CC3CCC(COCC4CC4)CC3N12. The first-order chi connectivity index (χ1) is 9.81. The molecule has 2 heterocycles. The van der Waals surface area contributed by atoms with Gasteiger partial charge in [-0.25, -0.2) is 0 Å². The Morgan fingerprint density at radius 3 is 2.65 bits per heavy atom. The molecule has 0 bridgehead atoms. The van der Waals surface area contributed by atoms with Crippen molar-refractivity contribution in [2.75, 3.05) is 26.3 Å². The Hall–Kier alpha value is -0.120. The summed E-state index contributed by atoms with van der Waals surface area (Å²) in [5.41, 5.74) is 0. The molecule has 1 N–H and O–H groups in total. The zero-order valence-corrected chi connectivity index (χ0v) is 12.9. The van der Waals surface area contributed by atoms with Crippen molar-refractivity contribution in [2.45, 2.75) is 63.6 Å². The van der Waals surface area contributed by atoms with Gasteiger partial charge < -0.3 is 10.1 Å². The fraction of sp³-hybridized carbons (Fsp3) is 1.00.